The minimum atomic E-state index is -3.86. The van der Waals surface area contributed by atoms with E-state index in [0.717, 1.165) is 19.3 Å². The number of carbonyl (C=O) groups excluding carboxylic acids is 1. The van der Waals surface area contributed by atoms with Gasteiger partial charge in [-0.15, -0.1) is 0 Å². The SMILES string of the molecule is Cc1oc(C(=O)N2CCCC(C)CC2)cc1S(N)(=O)=O. The first kappa shape index (κ1) is 15.1. The van der Waals surface area contributed by atoms with Gasteiger partial charge in [-0.1, -0.05) is 6.92 Å². The third kappa shape index (κ3) is 3.21. The molecular formula is C13H20N2O4S. The summed E-state index contributed by atoms with van der Waals surface area (Å²) in [7, 11) is -3.86. The molecule has 1 aromatic rings. The van der Waals surface area contributed by atoms with Gasteiger partial charge in [0.1, 0.15) is 10.7 Å². The molecule has 0 spiro atoms. The Morgan fingerprint density at radius 1 is 1.40 bits per heavy atom. The van der Waals surface area contributed by atoms with Crippen LogP contribution in [0.1, 0.15) is 42.5 Å². The van der Waals surface area contributed by atoms with Crippen molar-refractivity contribution in [3.05, 3.63) is 17.6 Å². The zero-order valence-electron chi connectivity index (χ0n) is 11.8. The average molecular weight is 300 g/mol. The number of hydrogen-bond acceptors (Lipinski definition) is 4. The molecule has 0 aromatic carbocycles. The number of nitrogens with two attached hydrogens (primary N) is 1. The summed E-state index contributed by atoms with van der Waals surface area (Å²) in [6.45, 7) is 5.00. The van der Waals surface area contributed by atoms with Crippen LogP contribution in [-0.4, -0.2) is 32.3 Å². The van der Waals surface area contributed by atoms with Gasteiger partial charge in [-0.25, -0.2) is 13.6 Å². The van der Waals surface area contributed by atoms with E-state index in [9.17, 15) is 13.2 Å². The molecule has 2 N–H and O–H groups in total. The minimum Gasteiger partial charge on any atom is -0.455 e. The molecule has 2 rings (SSSR count). The Kier molecular flexibility index (Phi) is 4.19. The number of carbonyl (C=O) groups is 1. The molecule has 2 heterocycles. The van der Waals surface area contributed by atoms with Crippen LogP contribution < -0.4 is 5.14 Å². The van der Waals surface area contributed by atoms with Crippen LogP contribution in [0.3, 0.4) is 0 Å². The molecule has 112 valence electrons. The summed E-state index contributed by atoms with van der Waals surface area (Å²) in [5.41, 5.74) is 0. The molecule has 1 saturated heterocycles. The first-order valence-electron chi connectivity index (χ1n) is 6.71. The third-order valence-corrected chi connectivity index (χ3v) is 4.71. The van der Waals surface area contributed by atoms with Gasteiger partial charge in [0.25, 0.3) is 5.91 Å². The van der Waals surface area contributed by atoms with Gasteiger partial charge in [0.2, 0.25) is 10.0 Å². The maximum atomic E-state index is 12.3. The van der Waals surface area contributed by atoms with E-state index in [2.05, 4.69) is 6.92 Å². The van der Waals surface area contributed by atoms with E-state index in [4.69, 9.17) is 9.56 Å². The van der Waals surface area contributed by atoms with Gasteiger partial charge in [0.15, 0.2) is 5.76 Å². The van der Waals surface area contributed by atoms with E-state index < -0.39 is 10.0 Å². The van der Waals surface area contributed by atoms with Crippen molar-refractivity contribution >= 4 is 15.9 Å². The van der Waals surface area contributed by atoms with Crippen molar-refractivity contribution in [3.63, 3.8) is 0 Å². The number of rotatable bonds is 2. The maximum Gasteiger partial charge on any atom is 0.289 e. The summed E-state index contributed by atoms with van der Waals surface area (Å²) >= 11 is 0. The zero-order chi connectivity index (χ0) is 14.9. The van der Waals surface area contributed by atoms with Gasteiger partial charge in [-0.05, 0) is 32.1 Å². The Bertz CT molecular complexity index is 606. The molecule has 0 bridgehead atoms. The van der Waals surface area contributed by atoms with Crippen LogP contribution in [0.25, 0.3) is 0 Å². The van der Waals surface area contributed by atoms with E-state index in [-0.39, 0.29) is 22.3 Å². The molecule has 1 amide bonds. The van der Waals surface area contributed by atoms with Crippen molar-refractivity contribution in [3.8, 4) is 0 Å². The lowest BCUT2D eigenvalue weighted by Crippen LogP contribution is -2.31. The highest BCUT2D eigenvalue weighted by molar-refractivity contribution is 7.89. The lowest BCUT2D eigenvalue weighted by Gasteiger charge is -2.18. The van der Waals surface area contributed by atoms with Crippen LogP contribution >= 0.6 is 0 Å². The number of likely N-dealkylation sites (tertiary alicyclic amines) is 1. The molecule has 1 fully saturated rings. The summed E-state index contributed by atoms with van der Waals surface area (Å²) in [6, 6.07) is 1.22. The van der Waals surface area contributed by atoms with Crippen LogP contribution in [0.4, 0.5) is 0 Å². The Morgan fingerprint density at radius 3 is 2.70 bits per heavy atom. The average Bonchev–Trinajstić information content (AvgIpc) is 2.61. The number of primary sulfonamides is 1. The molecule has 1 aromatic heterocycles. The highest BCUT2D eigenvalue weighted by atomic mass is 32.2. The molecule has 0 radical (unpaired) electrons. The van der Waals surface area contributed by atoms with Crippen molar-refractivity contribution in [2.24, 2.45) is 11.1 Å². The smallest absolute Gasteiger partial charge is 0.289 e. The van der Waals surface area contributed by atoms with Crippen LogP contribution in [0.5, 0.6) is 0 Å². The van der Waals surface area contributed by atoms with E-state index >= 15 is 0 Å². The zero-order valence-corrected chi connectivity index (χ0v) is 12.6. The number of sulfonamides is 1. The minimum absolute atomic E-state index is 0.0427. The Morgan fingerprint density at radius 2 is 2.10 bits per heavy atom. The molecule has 1 unspecified atom stereocenters. The normalized spacial score (nSPS) is 20.8. The Labute approximate surface area is 119 Å². The Hall–Kier alpha value is -1.34. The first-order valence-corrected chi connectivity index (χ1v) is 8.26. The van der Waals surface area contributed by atoms with Gasteiger partial charge in [-0.2, -0.15) is 0 Å². The summed E-state index contributed by atoms with van der Waals surface area (Å²) in [4.78, 5) is 13.9. The van der Waals surface area contributed by atoms with Crippen LogP contribution in [0, 0.1) is 12.8 Å². The lowest BCUT2D eigenvalue weighted by molar-refractivity contribution is 0.0727. The number of furan rings is 1. The standard InChI is InChI=1S/C13H20N2O4S/c1-9-4-3-6-15(7-5-9)13(16)11-8-12(10(2)19-11)20(14,17)18/h8-9H,3-7H2,1-2H3,(H2,14,17,18). The number of amides is 1. The maximum absolute atomic E-state index is 12.3. The van der Waals surface area contributed by atoms with E-state index in [1.165, 1.54) is 13.0 Å². The van der Waals surface area contributed by atoms with E-state index in [1.54, 1.807) is 4.90 Å². The largest absolute Gasteiger partial charge is 0.455 e. The molecule has 1 atom stereocenters. The number of aryl methyl sites for hydroxylation is 1. The molecule has 0 saturated carbocycles. The third-order valence-electron chi connectivity index (χ3n) is 3.69. The highest BCUT2D eigenvalue weighted by Gasteiger charge is 2.25. The summed E-state index contributed by atoms with van der Waals surface area (Å²) < 4.78 is 28.0. The van der Waals surface area contributed by atoms with Crippen LogP contribution in [0.2, 0.25) is 0 Å². The molecule has 1 aliphatic heterocycles. The predicted octanol–water partition coefficient (Wildman–Crippen LogP) is 1.50. The van der Waals surface area contributed by atoms with Crippen molar-refractivity contribution < 1.29 is 17.6 Å². The fourth-order valence-electron chi connectivity index (χ4n) is 2.48. The second-order valence-corrected chi connectivity index (χ2v) is 6.93. The quantitative estimate of drug-likeness (QED) is 0.895. The van der Waals surface area contributed by atoms with Crippen molar-refractivity contribution in [1.29, 1.82) is 0 Å². The van der Waals surface area contributed by atoms with E-state index in [1.807, 2.05) is 0 Å². The fraction of sp³-hybridized carbons (Fsp3) is 0.615. The first-order chi connectivity index (χ1) is 9.29. The second-order valence-electron chi connectivity index (χ2n) is 5.40. The van der Waals surface area contributed by atoms with Crippen molar-refractivity contribution in [2.45, 2.75) is 38.0 Å². The van der Waals surface area contributed by atoms with Gasteiger partial charge in [0, 0.05) is 19.2 Å². The molecule has 6 nitrogen and oxygen atoms in total. The number of nitrogens with zero attached hydrogens (tertiary/aromatic N) is 1. The molecule has 7 heteroatoms. The topological polar surface area (TPSA) is 93.6 Å². The predicted molar refractivity (Wildman–Crippen MR) is 73.7 cm³/mol. The molecule has 0 aliphatic carbocycles. The van der Waals surface area contributed by atoms with Crippen LogP contribution in [-0.2, 0) is 10.0 Å². The van der Waals surface area contributed by atoms with Gasteiger partial charge in [0.05, 0.1) is 0 Å². The summed E-state index contributed by atoms with van der Waals surface area (Å²) in [6.07, 6.45) is 3.01. The van der Waals surface area contributed by atoms with Gasteiger partial charge in [-0.3, -0.25) is 4.79 Å². The van der Waals surface area contributed by atoms with Gasteiger partial charge < -0.3 is 9.32 Å². The molecule has 20 heavy (non-hydrogen) atoms. The highest BCUT2D eigenvalue weighted by Crippen LogP contribution is 2.22. The molecule has 1 aliphatic rings. The van der Waals surface area contributed by atoms with Crippen molar-refractivity contribution in [1.82, 2.24) is 4.90 Å². The molecular weight excluding hydrogens is 280 g/mol. The van der Waals surface area contributed by atoms with Crippen molar-refractivity contribution in [2.75, 3.05) is 13.1 Å². The summed E-state index contributed by atoms with van der Waals surface area (Å²) in [5, 5.41) is 5.08. The lowest BCUT2D eigenvalue weighted by atomic mass is 10.0. The number of hydrogen-bond donors (Lipinski definition) is 1. The monoisotopic (exact) mass is 300 g/mol. The Balaban J connectivity index is 2.21. The second kappa shape index (κ2) is 5.57. The van der Waals surface area contributed by atoms with E-state index in [0.29, 0.717) is 19.0 Å². The van der Waals surface area contributed by atoms with Crippen LogP contribution in [0.15, 0.2) is 15.4 Å². The van der Waals surface area contributed by atoms with Gasteiger partial charge >= 0.3 is 0 Å². The summed E-state index contributed by atoms with van der Waals surface area (Å²) in [5.74, 6) is 0.531. The fourth-order valence-corrected chi connectivity index (χ4v) is 3.19.